The number of fused-ring (bicyclic) bond motifs is 1. The lowest BCUT2D eigenvalue weighted by molar-refractivity contribution is -0.136. The van der Waals surface area contributed by atoms with Gasteiger partial charge in [-0.3, -0.25) is 23.6 Å². The van der Waals surface area contributed by atoms with E-state index in [0.29, 0.717) is 49.1 Å². The molecule has 2 aromatic carbocycles. The van der Waals surface area contributed by atoms with Crippen molar-refractivity contribution in [2.24, 2.45) is 7.05 Å². The maximum absolute atomic E-state index is 13.3. The highest BCUT2D eigenvalue weighted by atomic mass is 16.3. The third kappa shape index (κ3) is 5.02. The van der Waals surface area contributed by atoms with Gasteiger partial charge < -0.3 is 10.0 Å². The predicted molar refractivity (Wildman–Crippen MR) is 144 cm³/mol. The van der Waals surface area contributed by atoms with Crippen LogP contribution in [0.5, 0.6) is 0 Å². The zero-order valence-electron chi connectivity index (χ0n) is 21.6. The van der Waals surface area contributed by atoms with Gasteiger partial charge in [-0.15, -0.1) is 0 Å². The fourth-order valence-corrected chi connectivity index (χ4v) is 5.19. The van der Waals surface area contributed by atoms with Crippen molar-refractivity contribution in [3.8, 4) is 11.3 Å². The van der Waals surface area contributed by atoms with Crippen LogP contribution in [0.4, 0.5) is 0 Å². The van der Waals surface area contributed by atoms with Gasteiger partial charge in [0.1, 0.15) is 11.8 Å². The molecule has 38 heavy (non-hydrogen) atoms. The summed E-state index contributed by atoms with van der Waals surface area (Å²) in [5, 5.41) is 15.7. The molecule has 196 valence electrons. The fourth-order valence-electron chi connectivity index (χ4n) is 5.19. The Hall–Kier alpha value is -4.11. The summed E-state index contributed by atoms with van der Waals surface area (Å²) in [5.74, 6) is 0.193. The smallest absolute Gasteiger partial charge is 0.281 e. The number of benzene rings is 2. The molecule has 1 N–H and O–H groups in total. The topological polar surface area (TPSA) is 110 Å². The average molecular weight is 514 g/mol. The quantitative estimate of drug-likeness (QED) is 0.380. The first kappa shape index (κ1) is 25.5. The maximum Gasteiger partial charge on any atom is 0.281 e. The van der Waals surface area contributed by atoms with Crippen molar-refractivity contribution in [2.45, 2.75) is 44.2 Å². The van der Waals surface area contributed by atoms with E-state index in [2.05, 4.69) is 10.1 Å². The van der Waals surface area contributed by atoms with Gasteiger partial charge in [-0.2, -0.15) is 5.10 Å². The van der Waals surface area contributed by atoms with Crippen LogP contribution in [0, 0.1) is 0 Å². The average Bonchev–Trinajstić information content (AvgIpc) is 3.27. The van der Waals surface area contributed by atoms with Crippen LogP contribution in [0.3, 0.4) is 0 Å². The Morgan fingerprint density at radius 2 is 1.76 bits per heavy atom. The number of hydrogen-bond acceptors (Lipinski definition) is 6. The van der Waals surface area contributed by atoms with Crippen LogP contribution >= 0.6 is 0 Å². The molecule has 1 amide bonds. The van der Waals surface area contributed by atoms with Crippen LogP contribution in [0.2, 0.25) is 0 Å². The van der Waals surface area contributed by atoms with Gasteiger partial charge in [0.15, 0.2) is 5.52 Å². The Bertz CT molecular complexity index is 1520. The second kappa shape index (κ2) is 10.3. The summed E-state index contributed by atoms with van der Waals surface area (Å²) in [6, 6.07) is 17.0. The highest BCUT2D eigenvalue weighted by Gasteiger charge is 2.35. The SMILES string of the molecule is C[C@H](CC(=O)N1CCC(O)(Cn2cnc3c(-c4ccc(C=O)cc4)n(C)nc3c2=O)CC1)c1ccccc1. The van der Waals surface area contributed by atoms with Gasteiger partial charge in [-0.1, -0.05) is 61.5 Å². The number of aromatic nitrogens is 4. The molecule has 0 bridgehead atoms. The van der Waals surface area contributed by atoms with Crippen LogP contribution < -0.4 is 5.56 Å². The molecule has 1 saturated heterocycles. The first-order valence-electron chi connectivity index (χ1n) is 12.8. The zero-order valence-corrected chi connectivity index (χ0v) is 21.6. The fraction of sp³-hybridized carbons (Fsp3) is 0.345. The molecule has 9 heteroatoms. The van der Waals surface area contributed by atoms with Gasteiger partial charge in [0.25, 0.3) is 5.56 Å². The Labute approximate surface area is 220 Å². The highest BCUT2D eigenvalue weighted by molar-refractivity contribution is 5.90. The molecule has 0 radical (unpaired) electrons. The van der Waals surface area contributed by atoms with E-state index in [1.807, 2.05) is 37.3 Å². The summed E-state index contributed by atoms with van der Waals surface area (Å²) in [5.41, 5.74) is 2.39. The molecule has 3 heterocycles. The third-order valence-electron chi connectivity index (χ3n) is 7.49. The largest absolute Gasteiger partial charge is 0.388 e. The lowest BCUT2D eigenvalue weighted by Gasteiger charge is -2.38. The summed E-state index contributed by atoms with van der Waals surface area (Å²) >= 11 is 0. The molecule has 1 aliphatic heterocycles. The Balaban J connectivity index is 1.28. The van der Waals surface area contributed by atoms with E-state index in [4.69, 9.17) is 0 Å². The molecule has 0 aliphatic carbocycles. The Morgan fingerprint density at radius 3 is 2.42 bits per heavy atom. The van der Waals surface area contributed by atoms with Crippen molar-refractivity contribution in [2.75, 3.05) is 13.1 Å². The number of nitrogens with zero attached hydrogens (tertiary/aromatic N) is 5. The number of carbonyl (C=O) groups excluding carboxylic acids is 2. The number of rotatable bonds is 7. The van der Waals surface area contributed by atoms with E-state index in [0.717, 1.165) is 17.4 Å². The molecule has 4 aromatic rings. The summed E-state index contributed by atoms with van der Waals surface area (Å²) in [6.07, 6.45) is 3.40. The van der Waals surface area contributed by atoms with E-state index in [-0.39, 0.29) is 29.4 Å². The number of amides is 1. The number of piperidine rings is 1. The molecular formula is C29H31N5O4. The van der Waals surface area contributed by atoms with E-state index in [1.54, 1.807) is 40.9 Å². The van der Waals surface area contributed by atoms with Crippen molar-refractivity contribution in [3.63, 3.8) is 0 Å². The predicted octanol–water partition coefficient (Wildman–Crippen LogP) is 3.16. The number of hydrogen-bond donors (Lipinski definition) is 1. The van der Waals surface area contributed by atoms with Gasteiger partial charge in [0, 0.05) is 37.7 Å². The van der Waals surface area contributed by atoms with Crippen molar-refractivity contribution < 1.29 is 14.7 Å². The Morgan fingerprint density at radius 1 is 1.08 bits per heavy atom. The van der Waals surface area contributed by atoms with E-state index in [9.17, 15) is 19.5 Å². The second-order valence-electron chi connectivity index (χ2n) is 10.2. The zero-order chi connectivity index (χ0) is 26.9. The molecule has 1 atom stereocenters. The van der Waals surface area contributed by atoms with Gasteiger partial charge in [0.2, 0.25) is 5.91 Å². The van der Waals surface area contributed by atoms with Crippen molar-refractivity contribution in [3.05, 3.63) is 82.4 Å². The standard InChI is InChI=1S/C29H31N5O4/c1-20(22-6-4-3-5-7-22)16-24(36)33-14-12-29(38,13-15-33)18-34-19-30-25-26(28(34)37)31-32(2)27(25)23-10-8-21(17-35)9-11-23/h3-11,17,19-20,38H,12-16,18H2,1-2H3/t20-/m1/s1. The number of aryl methyl sites for hydroxylation is 1. The normalized spacial score (nSPS) is 15.9. The first-order valence-corrected chi connectivity index (χ1v) is 12.8. The number of aliphatic hydroxyl groups is 1. The van der Waals surface area contributed by atoms with Gasteiger partial charge in [0.05, 0.1) is 24.2 Å². The first-order chi connectivity index (χ1) is 18.3. The molecule has 5 rings (SSSR count). The van der Waals surface area contributed by atoms with Crippen molar-refractivity contribution in [1.82, 2.24) is 24.2 Å². The van der Waals surface area contributed by atoms with E-state index >= 15 is 0 Å². The summed E-state index contributed by atoms with van der Waals surface area (Å²) in [6.45, 7) is 3.00. The van der Waals surface area contributed by atoms with E-state index < -0.39 is 5.60 Å². The summed E-state index contributed by atoms with van der Waals surface area (Å²) < 4.78 is 3.01. The minimum atomic E-state index is -1.12. The molecule has 0 unspecified atom stereocenters. The highest BCUT2D eigenvalue weighted by Crippen LogP contribution is 2.28. The monoisotopic (exact) mass is 513 g/mol. The van der Waals surface area contributed by atoms with Crippen LogP contribution in [-0.4, -0.2) is 60.2 Å². The lowest BCUT2D eigenvalue weighted by Crippen LogP contribution is -2.49. The van der Waals surface area contributed by atoms with Gasteiger partial charge in [-0.05, 0) is 24.3 Å². The third-order valence-corrected chi connectivity index (χ3v) is 7.49. The molecule has 0 saturated carbocycles. The van der Waals surface area contributed by atoms with Crippen LogP contribution in [0.25, 0.3) is 22.3 Å². The van der Waals surface area contributed by atoms with E-state index in [1.165, 1.54) is 10.9 Å². The van der Waals surface area contributed by atoms with Gasteiger partial charge in [-0.25, -0.2) is 4.98 Å². The Kier molecular flexibility index (Phi) is 6.94. The van der Waals surface area contributed by atoms with Gasteiger partial charge >= 0.3 is 0 Å². The molecule has 1 fully saturated rings. The minimum absolute atomic E-state index is 0.0749. The second-order valence-corrected chi connectivity index (χ2v) is 10.2. The number of aldehydes is 1. The van der Waals surface area contributed by atoms with Crippen LogP contribution in [0.15, 0.2) is 65.7 Å². The number of likely N-dealkylation sites (tertiary alicyclic amines) is 1. The molecule has 9 nitrogen and oxygen atoms in total. The minimum Gasteiger partial charge on any atom is -0.388 e. The molecule has 1 aliphatic rings. The van der Waals surface area contributed by atoms with Crippen molar-refractivity contribution in [1.29, 1.82) is 0 Å². The molecule has 2 aromatic heterocycles. The summed E-state index contributed by atoms with van der Waals surface area (Å²) in [7, 11) is 1.74. The molecule has 0 spiro atoms. The van der Waals surface area contributed by atoms with Crippen LogP contribution in [-0.2, 0) is 18.4 Å². The maximum atomic E-state index is 13.3. The lowest BCUT2D eigenvalue weighted by atomic mass is 9.90. The van der Waals surface area contributed by atoms with Crippen molar-refractivity contribution >= 4 is 23.2 Å². The summed E-state index contributed by atoms with van der Waals surface area (Å²) in [4.78, 5) is 43.5. The number of carbonyl (C=O) groups is 2. The molecular weight excluding hydrogens is 482 g/mol. The van der Waals surface area contributed by atoms with Crippen LogP contribution in [0.1, 0.15) is 48.0 Å².